The number of aromatic nitrogens is 4. The zero-order valence-corrected chi connectivity index (χ0v) is 28.0. The van der Waals surface area contributed by atoms with Crippen LogP contribution in [0.2, 0.25) is 0 Å². The van der Waals surface area contributed by atoms with Crippen LogP contribution < -0.4 is 32.3 Å². The Labute approximate surface area is 293 Å². The highest BCUT2D eigenvalue weighted by atomic mass is 32.2. The van der Waals surface area contributed by atoms with Gasteiger partial charge in [-0.2, -0.15) is 11.8 Å². The predicted octanol–water partition coefficient (Wildman–Crippen LogP) is -4.55. The lowest BCUT2D eigenvalue weighted by Crippen LogP contribution is -2.60. The van der Waals surface area contributed by atoms with Gasteiger partial charge in [-0.15, -0.1) is 0 Å². The van der Waals surface area contributed by atoms with Gasteiger partial charge in [-0.05, 0) is 18.4 Å². The lowest BCUT2D eigenvalue weighted by atomic mass is 10.1. The molecule has 2 rings (SSSR count). The number of aliphatic hydroxyl groups is 1. The first kappa shape index (κ1) is 41.6. The topological polar surface area (TPSA) is 361 Å². The summed E-state index contributed by atoms with van der Waals surface area (Å²) in [5.41, 5.74) is 6.60. The van der Waals surface area contributed by atoms with Gasteiger partial charge in [0.15, 0.2) is 0 Å². The van der Waals surface area contributed by atoms with Gasteiger partial charge in [0.05, 0.1) is 38.1 Å². The molecule has 51 heavy (non-hydrogen) atoms. The van der Waals surface area contributed by atoms with E-state index < -0.39 is 103 Å². The fraction of sp³-hybridized carbons (Fsp3) is 0.500. The van der Waals surface area contributed by atoms with Crippen molar-refractivity contribution in [2.24, 2.45) is 5.73 Å². The van der Waals surface area contributed by atoms with E-state index in [9.17, 15) is 53.7 Å². The summed E-state index contributed by atoms with van der Waals surface area (Å²) in [6, 6.07) is -9.51. The maximum absolute atomic E-state index is 13.3. The van der Waals surface area contributed by atoms with Crippen molar-refractivity contribution in [1.82, 2.24) is 46.5 Å². The van der Waals surface area contributed by atoms with E-state index in [1.807, 2.05) is 11.6 Å². The summed E-state index contributed by atoms with van der Waals surface area (Å²) < 4.78 is 0. The molecule has 23 heteroatoms. The van der Waals surface area contributed by atoms with Crippen molar-refractivity contribution >= 4 is 59.2 Å². The van der Waals surface area contributed by atoms with Gasteiger partial charge in [-0.3, -0.25) is 33.6 Å². The molecular formula is C28H40N10O12S. The zero-order valence-electron chi connectivity index (χ0n) is 27.2. The molecular weight excluding hydrogens is 700 g/mol. The molecule has 280 valence electrons. The molecule has 22 nitrogen and oxygen atoms in total. The Bertz CT molecular complexity index is 1510. The van der Waals surface area contributed by atoms with Crippen molar-refractivity contribution < 1.29 is 58.8 Å². The predicted molar refractivity (Wildman–Crippen MR) is 174 cm³/mol. The minimum absolute atomic E-state index is 0.133. The number of nitrogens with one attached hydrogen (secondary N) is 7. The number of thioether (sulfide) groups is 1. The Kier molecular flexibility index (Phi) is 17.0. The average Bonchev–Trinajstić information content (AvgIpc) is 3.78. The first-order valence-electron chi connectivity index (χ1n) is 15.1. The third-order valence-corrected chi connectivity index (χ3v) is 7.66. The number of carboxylic acid groups (broad SMARTS) is 3. The third kappa shape index (κ3) is 14.5. The lowest BCUT2D eigenvalue weighted by Gasteiger charge is -2.26. The van der Waals surface area contributed by atoms with Crippen molar-refractivity contribution in [2.75, 3.05) is 18.6 Å². The smallest absolute Gasteiger partial charge is 0.326 e. The molecule has 2 aromatic heterocycles. The van der Waals surface area contributed by atoms with E-state index in [0.717, 1.165) is 0 Å². The number of H-pyrrole nitrogens is 2. The molecule has 13 N–H and O–H groups in total. The molecule has 0 fully saturated rings. The molecule has 0 radical (unpaired) electrons. The minimum atomic E-state index is -1.91. The number of imidazole rings is 2. The van der Waals surface area contributed by atoms with Gasteiger partial charge < -0.3 is 62.7 Å². The van der Waals surface area contributed by atoms with E-state index in [1.165, 1.54) is 36.8 Å². The number of amides is 5. The van der Waals surface area contributed by atoms with Gasteiger partial charge in [0, 0.05) is 36.6 Å². The molecule has 0 aliphatic heterocycles. The van der Waals surface area contributed by atoms with Crippen LogP contribution >= 0.6 is 11.8 Å². The number of aliphatic carboxylic acids is 3. The summed E-state index contributed by atoms with van der Waals surface area (Å²) in [5, 5.41) is 48.8. The van der Waals surface area contributed by atoms with Crippen LogP contribution in [-0.4, -0.2) is 143 Å². The summed E-state index contributed by atoms with van der Waals surface area (Å²) >= 11 is 1.46. The maximum Gasteiger partial charge on any atom is 0.326 e. The van der Waals surface area contributed by atoms with Crippen LogP contribution in [0.3, 0.4) is 0 Å². The first-order valence-corrected chi connectivity index (χ1v) is 16.5. The molecule has 0 saturated heterocycles. The molecule has 0 aromatic carbocycles. The Morgan fingerprint density at radius 1 is 0.686 bits per heavy atom. The van der Waals surface area contributed by atoms with Gasteiger partial charge in [-0.25, -0.2) is 14.8 Å². The van der Waals surface area contributed by atoms with Crippen molar-refractivity contribution in [3.05, 3.63) is 36.4 Å². The molecule has 0 saturated carbocycles. The number of carbonyl (C=O) groups excluding carboxylic acids is 5. The number of rotatable bonds is 23. The SMILES string of the molecule is CSCC[C@H](N)C(=O)N[C@@H](Cc1cnc[nH]1)C(=O)N[C@@H](CO)C(=O)N[C@@H](CC(=O)O)C(=O)N[C@@H](Cc1cnc[nH]1)C(=O)N[C@@H](CC(=O)O)C(=O)O. The van der Waals surface area contributed by atoms with Crippen molar-refractivity contribution in [3.8, 4) is 0 Å². The number of hydrogen-bond donors (Lipinski definition) is 12. The van der Waals surface area contributed by atoms with E-state index in [1.54, 1.807) is 0 Å². The van der Waals surface area contributed by atoms with Crippen LogP contribution in [0.25, 0.3) is 0 Å². The lowest BCUT2D eigenvalue weighted by molar-refractivity contribution is -0.147. The summed E-state index contributed by atoms with van der Waals surface area (Å²) in [7, 11) is 0. The second-order valence-corrected chi connectivity index (χ2v) is 12.0. The van der Waals surface area contributed by atoms with Gasteiger partial charge >= 0.3 is 17.9 Å². The number of nitrogens with two attached hydrogens (primary N) is 1. The van der Waals surface area contributed by atoms with Crippen LogP contribution in [0.5, 0.6) is 0 Å². The number of nitrogens with zero attached hydrogens (tertiary/aromatic N) is 2. The van der Waals surface area contributed by atoms with Crippen molar-refractivity contribution in [2.45, 2.75) is 68.4 Å². The molecule has 0 aliphatic rings. The number of hydrogen-bond acceptors (Lipinski definition) is 13. The van der Waals surface area contributed by atoms with E-state index in [0.29, 0.717) is 17.9 Å². The van der Waals surface area contributed by atoms with Crippen LogP contribution in [0.4, 0.5) is 0 Å². The van der Waals surface area contributed by atoms with Crippen LogP contribution in [0, 0.1) is 0 Å². The summed E-state index contributed by atoms with van der Waals surface area (Å²) in [4.78, 5) is 113. The van der Waals surface area contributed by atoms with Gasteiger partial charge in [0.2, 0.25) is 29.5 Å². The van der Waals surface area contributed by atoms with Crippen molar-refractivity contribution in [3.63, 3.8) is 0 Å². The zero-order chi connectivity index (χ0) is 38.1. The highest BCUT2D eigenvalue weighted by Crippen LogP contribution is 2.06. The molecule has 0 spiro atoms. The van der Waals surface area contributed by atoms with Crippen LogP contribution in [0.1, 0.15) is 30.7 Å². The molecule has 2 heterocycles. The number of carboxylic acids is 3. The summed E-state index contributed by atoms with van der Waals surface area (Å²) in [6.45, 7) is -1.04. The number of aromatic amines is 2. The minimum Gasteiger partial charge on any atom is -0.481 e. The largest absolute Gasteiger partial charge is 0.481 e. The summed E-state index contributed by atoms with van der Waals surface area (Å²) in [5.74, 6) is -9.50. The Balaban J connectivity index is 2.24. The third-order valence-electron chi connectivity index (χ3n) is 7.01. The Morgan fingerprint density at radius 3 is 1.53 bits per heavy atom. The molecule has 0 bridgehead atoms. The van der Waals surface area contributed by atoms with Gasteiger partial charge in [-0.1, -0.05) is 0 Å². The maximum atomic E-state index is 13.3. The monoisotopic (exact) mass is 740 g/mol. The van der Waals surface area contributed by atoms with E-state index in [4.69, 9.17) is 10.8 Å². The second-order valence-electron chi connectivity index (χ2n) is 11.0. The van der Waals surface area contributed by atoms with Crippen LogP contribution in [-0.2, 0) is 51.2 Å². The second kappa shape index (κ2) is 20.8. The Hall–Kier alpha value is -5.55. The molecule has 5 amide bonds. The highest BCUT2D eigenvalue weighted by molar-refractivity contribution is 7.98. The summed E-state index contributed by atoms with van der Waals surface area (Å²) in [6.07, 6.45) is 4.80. The van der Waals surface area contributed by atoms with Crippen LogP contribution in [0.15, 0.2) is 25.0 Å². The Morgan fingerprint density at radius 2 is 1.10 bits per heavy atom. The van der Waals surface area contributed by atoms with E-state index in [-0.39, 0.29) is 18.5 Å². The van der Waals surface area contributed by atoms with Gasteiger partial charge in [0.1, 0.15) is 30.2 Å². The fourth-order valence-electron chi connectivity index (χ4n) is 4.35. The number of carbonyl (C=O) groups is 8. The number of aliphatic hydroxyl groups excluding tert-OH is 1. The van der Waals surface area contributed by atoms with E-state index >= 15 is 0 Å². The first-order chi connectivity index (χ1) is 24.1. The van der Waals surface area contributed by atoms with Crippen molar-refractivity contribution in [1.29, 1.82) is 0 Å². The fourth-order valence-corrected chi connectivity index (χ4v) is 4.84. The van der Waals surface area contributed by atoms with Gasteiger partial charge in [0.25, 0.3) is 0 Å². The normalized spacial score (nSPS) is 14.4. The molecule has 0 unspecified atom stereocenters. The highest BCUT2D eigenvalue weighted by Gasteiger charge is 2.34. The molecule has 6 atom stereocenters. The quantitative estimate of drug-likeness (QED) is 0.0510. The average molecular weight is 741 g/mol. The molecule has 0 aliphatic carbocycles. The van der Waals surface area contributed by atoms with E-state index in [2.05, 4.69) is 41.2 Å². The standard InChI is InChI=1S/C28H40N10O12S/c1-51-3-2-15(29)23(44)34-16(4-13-8-30-11-32-13)25(46)38-20(10-39)27(48)36-18(6-21(40)41)26(47)35-17(5-14-9-31-12-33-14)24(45)37-19(28(49)50)7-22(42)43/h8-9,11-12,15-20,39H,2-7,10,29H2,1H3,(H,30,32)(H,31,33)(H,34,44)(H,35,47)(H,36,48)(H,37,45)(H,38,46)(H,40,41)(H,42,43)(H,49,50)/t15-,16-,17-,18-,19-,20-/m0/s1. The molecule has 2 aromatic rings.